The van der Waals surface area contributed by atoms with Crippen LogP contribution in [0.25, 0.3) is 0 Å². The molecule has 6 nitrogen and oxygen atoms in total. The predicted molar refractivity (Wildman–Crippen MR) is 115 cm³/mol. The van der Waals surface area contributed by atoms with Crippen LogP contribution in [0.1, 0.15) is 33.2 Å². The van der Waals surface area contributed by atoms with E-state index in [0.29, 0.717) is 35.1 Å². The van der Waals surface area contributed by atoms with Crippen molar-refractivity contribution < 1.29 is 9.32 Å². The molecule has 8 heteroatoms. The maximum Gasteiger partial charge on any atom is 0.252 e. The number of aryl methyl sites for hydroxylation is 1. The molecule has 148 valence electrons. The van der Waals surface area contributed by atoms with Crippen LogP contribution >= 0.6 is 23.5 Å². The Balaban J connectivity index is 1.47. The van der Waals surface area contributed by atoms with Gasteiger partial charge in [-0.2, -0.15) is 22.0 Å². The quantitative estimate of drug-likeness (QED) is 0.406. The highest BCUT2D eigenvalue weighted by atomic mass is 32.2. The number of nitrogens with zero attached hydrogens (tertiary/aromatic N) is 3. The molecule has 2 aromatic carbocycles. The maximum atomic E-state index is 12.6. The number of carbonyl (C=O) groups excluding carboxylic acids is 1. The minimum absolute atomic E-state index is 0.104. The fourth-order valence-corrected chi connectivity index (χ4v) is 4.34. The molecule has 3 rings (SSSR count). The van der Waals surface area contributed by atoms with Crippen molar-refractivity contribution in [3.05, 3.63) is 76.9 Å². The average molecular weight is 425 g/mol. The molecular formula is C21H20N4O2S2. The first-order chi connectivity index (χ1) is 14.2. The summed E-state index contributed by atoms with van der Waals surface area (Å²) in [4.78, 5) is 17.6. The molecule has 0 bridgehead atoms. The van der Waals surface area contributed by atoms with Crippen LogP contribution in [-0.4, -0.2) is 28.3 Å². The van der Waals surface area contributed by atoms with Crippen molar-refractivity contribution >= 4 is 29.4 Å². The van der Waals surface area contributed by atoms with Gasteiger partial charge in [-0.1, -0.05) is 35.5 Å². The second-order valence-corrected chi connectivity index (χ2v) is 8.22. The van der Waals surface area contributed by atoms with Crippen LogP contribution in [0.4, 0.5) is 0 Å². The SMILES string of the molecule is Cc1noc(CSc2ccccc2C(=O)NCCSCc2ccccc2C#N)n1. The van der Waals surface area contributed by atoms with E-state index in [4.69, 9.17) is 9.78 Å². The number of aromatic nitrogens is 2. The molecule has 0 aliphatic carbocycles. The molecule has 3 aromatic rings. The molecule has 29 heavy (non-hydrogen) atoms. The third-order valence-corrected chi connectivity index (χ3v) is 6.05. The number of hydrogen-bond donors (Lipinski definition) is 1. The lowest BCUT2D eigenvalue weighted by Crippen LogP contribution is -2.26. The van der Waals surface area contributed by atoms with Gasteiger partial charge in [-0.3, -0.25) is 4.79 Å². The standard InChI is InChI=1S/C21H20N4O2S2/c1-15-24-20(27-25-15)14-29-19-9-5-4-8-18(19)21(26)23-10-11-28-13-17-7-3-2-6-16(17)12-22/h2-9H,10-11,13-14H2,1H3,(H,23,26). The molecule has 0 fully saturated rings. The lowest BCUT2D eigenvalue weighted by Gasteiger charge is -2.09. The van der Waals surface area contributed by atoms with E-state index < -0.39 is 0 Å². The Morgan fingerprint density at radius 3 is 2.76 bits per heavy atom. The van der Waals surface area contributed by atoms with Crippen LogP contribution in [0.5, 0.6) is 0 Å². The Morgan fingerprint density at radius 2 is 1.97 bits per heavy atom. The van der Waals surface area contributed by atoms with Crippen LogP contribution in [0.15, 0.2) is 57.9 Å². The fourth-order valence-electron chi connectivity index (χ4n) is 2.59. The van der Waals surface area contributed by atoms with Crippen molar-refractivity contribution in [1.82, 2.24) is 15.5 Å². The molecule has 1 amide bonds. The monoisotopic (exact) mass is 424 g/mol. The van der Waals surface area contributed by atoms with E-state index in [1.54, 1.807) is 18.7 Å². The summed E-state index contributed by atoms with van der Waals surface area (Å²) < 4.78 is 5.13. The molecule has 0 aliphatic heterocycles. The average Bonchev–Trinajstić information content (AvgIpc) is 3.17. The molecule has 1 aromatic heterocycles. The van der Waals surface area contributed by atoms with Gasteiger partial charge in [-0.25, -0.2) is 0 Å². The van der Waals surface area contributed by atoms with Crippen molar-refractivity contribution in [2.45, 2.75) is 23.3 Å². The van der Waals surface area contributed by atoms with E-state index in [0.717, 1.165) is 22.0 Å². The van der Waals surface area contributed by atoms with Gasteiger partial charge in [-0.15, -0.1) is 11.8 Å². The Hall–Kier alpha value is -2.76. The highest BCUT2D eigenvalue weighted by Crippen LogP contribution is 2.26. The summed E-state index contributed by atoms with van der Waals surface area (Å²) in [5.74, 6) is 3.06. The van der Waals surface area contributed by atoms with Gasteiger partial charge in [0.1, 0.15) is 0 Å². The summed E-state index contributed by atoms with van der Waals surface area (Å²) in [7, 11) is 0. The van der Waals surface area contributed by atoms with Gasteiger partial charge in [0, 0.05) is 22.9 Å². The molecule has 0 unspecified atom stereocenters. The van der Waals surface area contributed by atoms with Gasteiger partial charge in [0.05, 0.1) is 22.9 Å². The molecule has 1 N–H and O–H groups in total. The number of nitriles is 1. The van der Waals surface area contributed by atoms with Crippen molar-refractivity contribution in [3.8, 4) is 6.07 Å². The number of benzene rings is 2. The number of nitrogens with one attached hydrogen (secondary N) is 1. The third kappa shape index (κ3) is 6.11. The van der Waals surface area contributed by atoms with Crippen LogP contribution in [0.3, 0.4) is 0 Å². The topological polar surface area (TPSA) is 91.8 Å². The minimum Gasteiger partial charge on any atom is -0.351 e. The van der Waals surface area contributed by atoms with Gasteiger partial charge < -0.3 is 9.84 Å². The van der Waals surface area contributed by atoms with E-state index in [1.165, 1.54) is 11.8 Å². The largest absolute Gasteiger partial charge is 0.351 e. The first-order valence-electron chi connectivity index (χ1n) is 9.02. The molecule has 0 radical (unpaired) electrons. The van der Waals surface area contributed by atoms with Gasteiger partial charge in [0.25, 0.3) is 5.91 Å². The van der Waals surface area contributed by atoms with Crippen molar-refractivity contribution in [3.63, 3.8) is 0 Å². The van der Waals surface area contributed by atoms with Crippen molar-refractivity contribution in [2.75, 3.05) is 12.3 Å². The molecule has 0 aliphatic rings. The zero-order valence-electron chi connectivity index (χ0n) is 15.9. The molecule has 0 saturated carbocycles. The zero-order chi connectivity index (χ0) is 20.5. The van der Waals surface area contributed by atoms with Crippen LogP contribution in [-0.2, 0) is 11.5 Å². The summed E-state index contributed by atoms with van der Waals surface area (Å²) in [5.41, 5.74) is 2.35. The summed E-state index contributed by atoms with van der Waals surface area (Å²) in [6.07, 6.45) is 0. The van der Waals surface area contributed by atoms with Gasteiger partial charge in [-0.05, 0) is 30.7 Å². The number of carbonyl (C=O) groups is 1. The second-order valence-electron chi connectivity index (χ2n) is 6.10. The highest BCUT2D eigenvalue weighted by molar-refractivity contribution is 7.98. The minimum atomic E-state index is -0.104. The van der Waals surface area contributed by atoms with E-state index in [-0.39, 0.29) is 5.91 Å². The number of hydrogen-bond acceptors (Lipinski definition) is 7. The van der Waals surface area contributed by atoms with Gasteiger partial charge in [0.2, 0.25) is 5.89 Å². The van der Waals surface area contributed by atoms with E-state index in [9.17, 15) is 4.79 Å². The molecule has 1 heterocycles. The summed E-state index contributed by atoms with van der Waals surface area (Å²) in [6, 6.07) is 17.3. The van der Waals surface area contributed by atoms with E-state index in [2.05, 4.69) is 21.5 Å². The van der Waals surface area contributed by atoms with Crippen LogP contribution in [0, 0.1) is 18.3 Å². The normalized spacial score (nSPS) is 10.5. The molecular weight excluding hydrogens is 404 g/mol. The first kappa shape index (κ1) is 21.0. The zero-order valence-corrected chi connectivity index (χ0v) is 17.6. The Bertz CT molecular complexity index is 1010. The summed E-state index contributed by atoms with van der Waals surface area (Å²) in [6.45, 7) is 2.33. The smallest absolute Gasteiger partial charge is 0.252 e. The number of amides is 1. The summed E-state index contributed by atoms with van der Waals surface area (Å²) in [5, 5.41) is 15.9. The molecule has 0 saturated heterocycles. The highest BCUT2D eigenvalue weighted by Gasteiger charge is 2.12. The third-order valence-electron chi connectivity index (χ3n) is 3.98. The predicted octanol–water partition coefficient (Wildman–Crippen LogP) is 4.21. The van der Waals surface area contributed by atoms with E-state index >= 15 is 0 Å². The second kappa shape index (κ2) is 10.7. The van der Waals surface area contributed by atoms with Crippen molar-refractivity contribution in [2.24, 2.45) is 0 Å². The fraction of sp³-hybridized carbons (Fsp3) is 0.238. The number of thioether (sulfide) groups is 2. The Labute approximate surface area is 178 Å². The van der Waals surface area contributed by atoms with Crippen molar-refractivity contribution in [1.29, 1.82) is 5.26 Å². The van der Waals surface area contributed by atoms with Crippen LogP contribution < -0.4 is 5.32 Å². The van der Waals surface area contributed by atoms with Gasteiger partial charge >= 0.3 is 0 Å². The number of rotatable bonds is 9. The van der Waals surface area contributed by atoms with Crippen LogP contribution in [0.2, 0.25) is 0 Å². The molecule has 0 atom stereocenters. The lowest BCUT2D eigenvalue weighted by atomic mass is 10.1. The molecule has 0 spiro atoms. The van der Waals surface area contributed by atoms with Gasteiger partial charge in [0.15, 0.2) is 5.82 Å². The lowest BCUT2D eigenvalue weighted by molar-refractivity contribution is 0.0953. The Morgan fingerprint density at radius 1 is 1.17 bits per heavy atom. The Kier molecular flexibility index (Phi) is 7.73. The summed E-state index contributed by atoms with van der Waals surface area (Å²) >= 11 is 3.18. The maximum absolute atomic E-state index is 12.6. The van der Waals surface area contributed by atoms with E-state index in [1.807, 2.05) is 48.5 Å². The first-order valence-corrected chi connectivity index (χ1v) is 11.2.